The number of furan rings is 1. The van der Waals surface area contributed by atoms with E-state index in [1.165, 1.54) is 11.8 Å². The van der Waals surface area contributed by atoms with E-state index in [9.17, 15) is 22.4 Å². The molecule has 5 rings (SSSR count). The number of benzene rings is 2. The van der Waals surface area contributed by atoms with Gasteiger partial charge in [-0.2, -0.15) is 4.39 Å². The van der Waals surface area contributed by atoms with Gasteiger partial charge in [-0.15, -0.1) is 0 Å². The van der Waals surface area contributed by atoms with Gasteiger partial charge in [-0.25, -0.2) is 13.2 Å². The molecule has 0 radical (unpaired) electrons. The molecule has 4 nitrogen and oxygen atoms in total. The molecular weight excluding hydrogens is 412 g/mol. The number of fused-ring (bicyclic) bond motifs is 2. The molecule has 0 atom stereocenters. The smallest absolute Gasteiger partial charge is 0.258 e. The molecule has 0 saturated carbocycles. The molecule has 2 aromatic carbocycles. The number of amides is 1. The summed E-state index contributed by atoms with van der Waals surface area (Å²) in [7, 11) is 0. The van der Waals surface area contributed by atoms with Crippen LogP contribution < -0.4 is 0 Å². The van der Waals surface area contributed by atoms with Crippen molar-refractivity contribution in [1.82, 2.24) is 9.88 Å². The van der Waals surface area contributed by atoms with Crippen molar-refractivity contribution >= 4 is 33.4 Å². The first-order chi connectivity index (χ1) is 14.9. The number of hydrogen-bond acceptors (Lipinski definition) is 2. The monoisotopic (exact) mass is 428 g/mol. The fourth-order valence-electron chi connectivity index (χ4n) is 4.16. The lowest BCUT2D eigenvalue weighted by Gasteiger charge is -2.26. The maximum Gasteiger partial charge on any atom is 0.258 e. The number of hydrogen-bond donors (Lipinski definition) is 1. The van der Waals surface area contributed by atoms with Crippen LogP contribution in [0.1, 0.15) is 28.1 Å². The summed E-state index contributed by atoms with van der Waals surface area (Å²) in [5.41, 5.74) is 2.00. The van der Waals surface area contributed by atoms with E-state index in [0.29, 0.717) is 13.0 Å². The van der Waals surface area contributed by atoms with Gasteiger partial charge in [0.05, 0.1) is 10.9 Å². The summed E-state index contributed by atoms with van der Waals surface area (Å²) >= 11 is 0. The molecule has 1 aliphatic heterocycles. The number of rotatable bonds is 2. The molecule has 1 N–H and O–H groups in total. The lowest BCUT2D eigenvalue weighted by atomic mass is 9.98. The zero-order chi connectivity index (χ0) is 21.9. The predicted octanol–water partition coefficient (Wildman–Crippen LogP) is 5.71. The lowest BCUT2D eigenvalue weighted by molar-refractivity contribution is 0.0772. The number of nitrogens with one attached hydrogen (secondary N) is 1. The average Bonchev–Trinajstić information content (AvgIpc) is 3.37. The molecule has 2 aromatic heterocycles. The van der Waals surface area contributed by atoms with Crippen LogP contribution in [0.3, 0.4) is 0 Å². The molecule has 3 heterocycles. The van der Waals surface area contributed by atoms with Crippen molar-refractivity contribution in [3.63, 3.8) is 0 Å². The van der Waals surface area contributed by atoms with E-state index in [2.05, 4.69) is 4.98 Å². The third kappa shape index (κ3) is 2.85. The van der Waals surface area contributed by atoms with Gasteiger partial charge in [0.2, 0.25) is 11.6 Å². The van der Waals surface area contributed by atoms with Crippen molar-refractivity contribution in [1.29, 1.82) is 0 Å². The van der Waals surface area contributed by atoms with Crippen molar-refractivity contribution in [2.45, 2.75) is 13.3 Å². The standard InChI is InChI=1S/C23H16F4N2O2/c1-11-16(17-18(24)19(25)20(26)21(27)22(17)31-11)23(30)29-8-6-12(7-9-29)14-10-28-15-5-3-2-4-13(14)15/h2-6,10,28H,7-9H2,1H3. The van der Waals surface area contributed by atoms with Crippen LogP contribution in [0.15, 0.2) is 41.0 Å². The van der Waals surface area contributed by atoms with Crippen LogP contribution in [0, 0.1) is 30.2 Å². The Hall–Kier alpha value is -3.55. The Morgan fingerprint density at radius 3 is 2.55 bits per heavy atom. The number of nitrogens with zero attached hydrogens (tertiary/aromatic N) is 1. The fourth-order valence-corrected chi connectivity index (χ4v) is 4.16. The number of aromatic nitrogens is 1. The first-order valence-corrected chi connectivity index (χ1v) is 9.68. The number of aryl methyl sites for hydroxylation is 1. The first-order valence-electron chi connectivity index (χ1n) is 9.68. The third-order valence-electron chi connectivity index (χ3n) is 5.73. The summed E-state index contributed by atoms with van der Waals surface area (Å²) in [6.45, 7) is 1.89. The normalized spacial score (nSPS) is 14.5. The Kier molecular flexibility index (Phi) is 4.39. The van der Waals surface area contributed by atoms with E-state index in [1.807, 2.05) is 36.5 Å². The molecule has 31 heavy (non-hydrogen) atoms. The Morgan fingerprint density at radius 1 is 1.06 bits per heavy atom. The molecule has 8 heteroatoms. The zero-order valence-electron chi connectivity index (χ0n) is 16.4. The van der Waals surface area contributed by atoms with Gasteiger partial charge >= 0.3 is 0 Å². The molecule has 1 amide bonds. The van der Waals surface area contributed by atoms with Gasteiger partial charge in [0.25, 0.3) is 5.91 Å². The highest BCUT2D eigenvalue weighted by molar-refractivity contribution is 6.08. The van der Waals surface area contributed by atoms with Crippen molar-refractivity contribution in [2.24, 2.45) is 0 Å². The SMILES string of the molecule is Cc1oc2c(F)c(F)c(F)c(F)c2c1C(=O)N1CC=C(c2c[nH]c3ccccc23)CC1. The summed E-state index contributed by atoms with van der Waals surface area (Å²) in [6, 6.07) is 7.86. The minimum absolute atomic E-state index is 0.103. The molecule has 0 bridgehead atoms. The minimum atomic E-state index is -1.97. The minimum Gasteiger partial charge on any atom is -0.457 e. The summed E-state index contributed by atoms with van der Waals surface area (Å²) in [5, 5.41) is 0.394. The highest BCUT2D eigenvalue weighted by Crippen LogP contribution is 2.35. The Bertz CT molecular complexity index is 1400. The number of H-pyrrole nitrogens is 1. The van der Waals surface area contributed by atoms with E-state index in [0.717, 1.165) is 22.0 Å². The van der Waals surface area contributed by atoms with Crippen LogP contribution in [-0.2, 0) is 0 Å². The van der Waals surface area contributed by atoms with Crippen LogP contribution in [0.5, 0.6) is 0 Å². The van der Waals surface area contributed by atoms with Gasteiger partial charge in [0, 0.05) is 35.8 Å². The highest BCUT2D eigenvalue weighted by atomic mass is 19.2. The summed E-state index contributed by atoms with van der Waals surface area (Å²) in [5.74, 6) is -7.97. The second kappa shape index (κ2) is 7.01. The molecule has 0 spiro atoms. The summed E-state index contributed by atoms with van der Waals surface area (Å²) < 4.78 is 60.9. The quantitative estimate of drug-likeness (QED) is 0.253. The zero-order valence-corrected chi connectivity index (χ0v) is 16.4. The van der Waals surface area contributed by atoms with E-state index in [1.54, 1.807) is 0 Å². The van der Waals surface area contributed by atoms with Crippen molar-refractivity contribution in [2.75, 3.05) is 13.1 Å². The van der Waals surface area contributed by atoms with Gasteiger partial charge in [-0.3, -0.25) is 4.79 Å². The predicted molar refractivity (Wildman–Crippen MR) is 108 cm³/mol. The van der Waals surface area contributed by atoms with Gasteiger partial charge in [0.15, 0.2) is 17.2 Å². The third-order valence-corrected chi connectivity index (χ3v) is 5.73. The number of halogens is 4. The lowest BCUT2D eigenvalue weighted by Crippen LogP contribution is -2.35. The molecule has 0 saturated heterocycles. The number of carbonyl (C=O) groups excluding carboxylic acids is 1. The van der Waals surface area contributed by atoms with E-state index >= 15 is 0 Å². The van der Waals surface area contributed by atoms with Gasteiger partial charge < -0.3 is 14.3 Å². The van der Waals surface area contributed by atoms with Crippen LogP contribution in [-0.4, -0.2) is 28.9 Å². The molecule has 158 valence electrons. The Labute approximate surface area is 173 Å². The fraction of sp³-hybridized carbons (Fsp3) is 0.174. The van der Waals surface area contributed by atoms with E-state index in [-0.39, 0.29) is 17.9 Å². The molecule has 0 fully saturated rings. The van der Waals surface area contributed by atoms with Gasteiger partial charge in [-0.1, -0.05) is 24.3 Å². The Balaban J connectivity index is 1.50. The van der Waals surface area contributed by atoms with Crippen LogP contribution in [0.2, 0.25) is 0 Å². The summed E-state index contributed by atoms with van der Waals surface area (Å²) in [6.07, 6.45) is 4.35. The van der Waals surface area contributed by atoms with Gasteiger partial charge in [-0.05, 0) is 25.0 Å². The van der Waals surface area contributed by atoms with Crippen molar-refractivity contribution in [3.8, 4) is 0 Å². The molecular formula is C23H16F4N2O2. The average molecular weight is 428 g/mol. The summed E-state index contributed by atoms with van der Waals surface area (Å²) in [4.78, 5) is 17.7. The highest BCUT2D eigenvalue weighted by Gasteiger charge is 2.32. The molecule has 0 unspecified atom stereocenters. The molecule has 1 aliphatic rings. The Morgan fingerprint density at radius 2 is 1.81 bits per heavy atom. The second-order valence-electron chi connectivity index (χ2n) is 7.47. The molecule has 0 aliphatic carbocycles. The van der Waals surface area contributed by atoms with E-state index in [4.69, 9.17) is 4.42 Å². The first kappa shape index (κ1) is 19.4. The van der Waals surface area contributed by atoms with Crippen LogP contribution >= 0.6 is 0 Å². The molecule has 4 aromatic rings. The van der Waals surface area contributed by atoms with Gasteiger partial charge in [0.1, 0.15) is 5.76 Å². The van der Waals surface area contributed by atoms with Crippen molar-refractivity contribution in [3.05, 3.63) is 76.7 Å². The largest absolute Gasteiger partial charge is 0.457 e. The maximum absolute atomic E-state index is 14.4. The maximum atomic E-state index is 14.4. The van der Waals surface area contributed by atoms with E-state index < -0.39 is 40.1 Å². The number of para-hydroxylation sites is 1. The topological polar surface area (TPSA) is 49.2 Å². The van der Waals surface area contributed by atoms with Crippen LogP contribution in [0.25, 0.3) is 27.4 Å². The van der Waals surface area contributed by atoms with Crippen LogP contribution in [0.4, 0.5) is 17.6 Å². The number of aromatic amines is 1. The number of carbonyl (C=O) groups is 1. The van der Waals surface area contributed by atoms with Crippen molar-refractivity contribution < 1.29 is 26.8 Å². The second-order valence-corrected chi connectivity index (χ2v) is 7.47.